The summed E-state index contributed by atoms with van der Waals surface area (Å²) in [6.07, 6.45) is 3.60. The van der Waals surface area contributed by atoms with Crippen molar-refractivity contribution in [3.63, 3.8) is 0 Å². The van der Waals surface area contributed by atoms with Gasteiger partial charge in [-0.2, -0.15) is 0 Å². The summed E-state index contributed by atoms with van der Waals surface area (Å²) in [5.74, 6) is -0.875. The minimum Gasteiger partial charge on any atom is -0.467 e. The Hall–Kier alpha value is -3.94. The highest BCUT2D eigenvalue weighted by Crippen LogP contribution is 2.19. The first-order chi connectivity index (χ1) is 15.5. The summed E-state index contributed by atoms with van der Waals surface area (Å²) >= 11 is 0. The van der Waals surface area contributed by atoms with Crippen molar-refractivity contribution in [1.82, 2.24) is 19.9 Å². The Morgan fingerprint density at radius 3 is 2.75 bits per heavy atom. The number of esters is 1. The summed E-state index contributed by atoms with van der Waals surface area (Å²) in [5.41, 5.74) is 3.23. The summed E-state index contributed by atoms with van der Waals surface area (Å²) in [5, 5.41) is 4.24. The van der Waals surface area contributed by atoms with Crippen molar-refractivity contribution < 1.29 is 14.3 Å². The standard InChI is InChI=1S/C24H24N4O4/c1-15-6-5-8-18-22(15)26-14-28(23(18)30)11-10-21(29)27-20(24(31)32-2)12-16-13-25-19-9-4-3-7-17(16)19/h3-9,13-14,20,25H,10-12H2,1-2H3,(H,27,29)/t20-/m1/s1. The lowest BCUT2D eigenvalue weighted by molar-refractivity contribution is -0.145. The first-order valence-electron chi connectivity index (χ1n) is 10.3. The van der Waals surface area contributed by atoms with Crippen LogP contribution < -0.4 is 10.9 Å². The molecular formula is C24H24N4O4. The van der Waals surface area contributed by atoms with Crippen LogP contribution in [0.25, 0.3) is 21.8 Å². The number of aromatic amines is 1. The summed E-state index contributed by atoms with van der Waals surface area (Å²) < 4.78 is 6.30. The highest BCUT2D eigenvalue weighted by atomic mass is 16.5. The molecule has 1 atom stereocenters. The molecule has 0 fully saturated rings. The van der Waals surface area contributed by atoms with Gasteiger partial charge in [0.25, 0.3) is 5.56 Å². The van der Waals surface area contributed by atoms with E-state index < -0.39 is 12.0 Å². The van der Waals surface area contributed by atoms with Crippen molar-refractivity contribution in [2.24, 2.45) is 0 Å². The van der Waals surface area contributed by atoms with E-state index in [0.717, 1.165) is 22.0 Å². The molecule has 164 valence electrons. The molecule has 0 aliphatic carbocycles. The van der Waals surface area contributed by atoms with E-state index in [4.69, 9.17) is 4.74 Å². The number of methoxy groups -OCH3 is 1. The van der Waals surface area contributed by atoms with Crippen molar-refractivity contribution in [3.05, 3.63) is 76.5 Å². The minimum absolute atomic E-state index is 0.0281. The highest BCUT2D eigenvalue weighted by molar-refractivity contribution is 5.87. The van der Waals surface area contributed by atoms with E-state index in [9.17, 15) is 14.4 Å². The number of para-hydroxylation sites is 2. The molecule has 0 spiro atoms. The van der Waals surface area contributed by atoms with Gasteiger partial charge in [0.1, 0.15) is 6.04 Å². The van der Waals surface area contributed by atoms with E-state index in [1.54, 1.807) is 6.07 Å². The molecule has 0 unspecified atom stereocenters. The fourth-order valence-corrected chi connectivity index (χ4v) is 3.84. The molecule has 0 bridgehead atoms. The molecule has 2 aromatic carbocycles. The smallest absolute Gasteiger partial charge is 0.328 e. The van der Waals surface area contributed by atoms with Gasteiger partial charge in [0.05, 0.1) is 24.3 Å². The van der Waals surface area contributed by atoms with Gasteiger partial charge in [0.15, 0.2) is 0 Å². The van der Waals surface area contributed by atoms with Gasteiger partial charge in [-0.3, -0.25) is 14.2 Å². The third kappa shape index (κ3) is 4.25. The Morgan fingerprint density at radius 2 is 1.94 bits per heavy atom. The Kier molecular flexibility index (Phi) is 6.02. The van der Waals surface area contributed by atoms with Gasteiger partial charge in [-0.25, -0.2) is 9.78 Å². The number of carbonyl (C=O) groups is 2. The molecule has 2 aromatic heterocycles. The topological polar surface area (TPSA) is 106 Å². The lowest BCUT2D eigenvalue weighted by Crippen LogP contribution is -2.43. The molecule has 8 nitrogen and oxygen atoms in total. The van der Waals surface area contributed by atoms with E-state index in [0.29, 0.717) is 17.3 Å². The van der Waals surface area contributed by atoms with Crippen molar-refractivity contribution in [3.8, 4) is 0 Å². The quantitative estimate of drug-likeness (QED) is 0.437. The van der Waals surface area contributed by atoms with Crippen LogP contribution in [0.1, 0.15) is 17.5 Å². The molecule has 0 saturated carbocycles. The van der Waals surface area contributed by atoms with Gasteiger partial charge in [0.2, 0.25) is 5.91 Å². The van der Waals surface area contributed by atoms with Gasteiger partial charge >= 0.3 is 5.97 Å². The van der Waals surface area contributed by atoms with Crippen LogP contribution >= 0.6 is 0 Å². The molecule has 4 aromatic rings. The van der Waals surface area contributed by atoms with Crippen LogP contribution in [0.15, 0.2) is 59.8 Å². The van der Waals surface area contributed by atoms with Crippen LogP contribution in [0.3, 0.4) is 0 Å². The molecule has 2 heterocycles. The average Bonchev–Trinajstić information content (AvgIpc) is 3.21. The monoisotopic (exact) mass is 432 g/mol. The second kappa shape index (κ2) is 9.05. The predicted octanol–water partition coefficient (Wildman–Crippen LogP) is 2.48. The van der Waals surface area contributed by atoms with Crippen molar-refractivity contribution in [1.29, 1.82) is 0 Å². The highest BCUT2D eigenvalue weighted by Gasteiger charge is 2.23. The molecule has 0 aliphatic rings. The van der Waals surface area contributed by atoms with Gasteiger partial charge < -0.3 is 15.0 Å². The number of H-pyrrole nitrogens is 1. The molecule has 2 N–H and O–H groups in total. The second-order valence-electron chi connectivity index (χ2n) is 7.67. The van der Waals surface area contributed by atoms with Crippen molar-refractivity contribution in [2.45, 2.75) is 32.4 Å². The first-order valence-corrected chi connectivity index (χ1v) is 10.3. The number of aromatic nitrogens is 3. The molecule has 1 amide bonds. The molecule has 8 heteroatoms. The number of benzene rings is 2. The van der Waals surface area contributed by atoms with Crippen LogP contribution in [0.2, 0.25) is 0 Å². The Balaban J connectivity index is 1.46. The first kappa shape index (κ1) is 21.3. The molecular weight excluding hydrogens is 408 g/mol. The van der Waals surface area contributed by atoms with E-state index in [1.807, 2.05) is 49.5 Å². The summed E-state index contributed by atoms with van der Waals surface area (Å²) in [6.45, 7) is 2.05. The van der Waals surface area contributed by atoms with E-state index in [-0.39, 0.29) is 24.4 Å². The Labute approximate surface area is 184 Å². The number of nitrogens with one attached hydrogen (secondary N) is 2. The number of fused-ring (bicyclic) bond motifs is 2. The van der Waals surface area contributed by atoms with E-state index in [2.05, 4.69) is 15.3 Å². The maximum atomic E-state index is 12.7. The number of nitrogens with zero attached hydrogens (tertiary/aromatic N) is 2. The number of carbonyl (C=O) groups excluding carboxylic acids is 2. The van der Waals surface area contributed by atoms with Crippen molar-refractivity contribution >= 4 is 33.7 Å². The Bertz CT molecular complexity index is 1360. The van der Waals surface area contributed by atoms with Gasteiger partial charge in [-0.05, 0) is 30.2 Å². The number of hydrogen-bond acceptors (Lipinski definition) is 5. The maximum absolute atomic E-state index is 12.7. The van der Waals surface area contributed by atoms with Crippen molar-refractivity contribution in [2.75, 3.05) is 7.11 Å². The summed E-state index contributed by atoms with van der Waals surface area (Å²) in [6, 6.07) is 12.3. The third-order valence-corrected chi connectivity index (χ3v) is 5.55. The van der Waals surface area contributed by atoms with Crippen LogP contribution in [-0.2, 0) is 27.3 Å². The number of ether oxygens (including phenoxy) is 1. The van der Waals surface area contributed by atoms with Gasteiger partial charge in [-0.1, -0.05) is 30.3 Å². The Morgan fingerprint density at radius 1 is 1.16 bits per heavy atom. The lowest BCUT2D eigenvalue weighted by Gasteiger charge is -2.16. The summed E-state index contributed by atoms with van der Waals surface area (Å²) in [7, 11) is 1.29. The second-order valence-corrected chi connectivity index (χ2v) is 7.67. The number of rotatable bonds is 7. The fourth-order valence-electron chi connectivity index (χ4n) is 3.84. The van der Waals surface area contributed by atoms with Gasteiger partial charge in [0, 0.05) is 36.5 Å². The largest absolute Gasteiger partial charge is 0.467 e. The number of aryl methyl sites for hydroxylation is 2. The third-order valence-electron chi connectivity index (χ3n) is 5.55. The van der Waals surface area contributed by atoms with Crippen LogP contribution in [0.4, 0.5) is 0 Å². The molecule has 0 radical (unpaired) electrons. The molecule has 0 saturated heterocycles. The van der Waals surface area contributed by atoms with Crippen LogP contribution in [-0.4, -0.2) is 39.6 Å². The SMILES string of the molecule is COC(=O)[C@@H](Cc1c[nH]c2ccccc12)NC(=O)CCn1cnc2c(C)cccc2c1=O. The average molecular weight is 432 g/mol. The van der Waals surface area contributed by atoms with E-state index in [1.165, 1.54) is 18.0 Å². The van der Waals surface area contributed by atoms with Gasteiger partial charge in [-0.15, -0.1) is 0 Å². The molecule has 0 aliphatic heterocycles. The molecule has 4 rings (SSSR count). The lowest BCUT2D eigenvalue weighted by atomic mass is 10.0. The zero-order valence-electron chi connectivity index (χ0n) is 17.9. The zero-order valence-corrected chi connectivity index (χ0v) is 17.9. The summed E-state index contributed by atoms with van der Waals surface area (Å²) in [4.78, 5) is 45.1. The van der Waals surface area contributed by atoms with Crippen LogP contribution in [0.5, 0.6) is 0 Å². The number of amides is 1. The fraction of sp³-hybridized carbons (Fsp3) is 0.250. The molecule has 32 heavy (non-hydrogen) atoms. The zero-order chi connectivity index (χ0) is 22.7. The minimum atomic E-state index is -0.833. The predicted molar refractivity (Wildman–Crippen MR) is 121 cm³/mol. The number of hydrogen-bond donors (Lipinski definition) is 2. The van der Waals surface area contributed by atoms with E-state index >= 15 is 0 Å². The maximum Gasteiger partial charge on any atom is 0.328 e. The normalized spacial score (nSPS) is 12.1. The van der Waals surface area contributed by atoms with Crippen LogP contribution in [0, 0.1) is 6.92 Å².